The van der Waals surface area contributed by atoms with Crippen LogP contribution >= 0.6 is 0 Å². The lowest BCUT2D eigenvalue weighted by molar-refractivity contribution is 0.499. The Kier molecular flexibility index (Phi) is 5.54. The molecule has 0 aliphatic heterocycles. The van der Waals surface area contributed by atoms with Crippen molar-refractivity contribution in [1.82, 2.24) is 9.97 Å². The molecule has 18 heavy (non-hydrogen) atoms. The van der Waals surface area contributed by atoms with E-state index < -0.39 is 0 Å². The van der Waals surface area contributed by atoms with Gasteiger partial charge in [0.15, 0.2) is 0 Å². The van der Waals surface area contributed by atoms with Crippen molar-refractivity contribution in [3.05, 3.63) is 18.0 Å². The Hall–Kier alpha value is -1.16. The van der Waals surface area contributed by atoms with Crippen molar-refractivity contribution < 1.29 is 0 Å². The quantitative estimate of drug-likeness (QED) is 0.841. The van der Waals surface area contributed by atoms with Crippen molar-refractivity contribution in [2.75, 3.05) is 11.9 Å². The molecule has 0 amide bonds. The van der Waals surface area contributed by atoms with Crippen LogP contribution < -0.4 is 10.6 Å². The van der Waals surface area contributed by atoms with Gasteiger partial charge in [-0.2, -0.15) is 0 Å². The Morgan fingerprint density at radius 3 is 2.17 bits per heavy atom. The highest BCUT2D eigenvalue weighted by atomic mass is 15.2. The van der Waals surface area contributed by atoms with E-state index in [2.05, 4.69) is 35.6 Å². The van der Waals surface area contributed by atoms with E-state index in [0.29, 0.717) is 12.0 Å². The maximum Gasteiger partial charge on any atom is 0.225 e. The van der Waals surface area contributed by atoms with Crippen LogP contribution in [0, 0.1) is 5.92 Å². The van der Waals surface area contributed by atoms with Gasteiger partial charge in [0.05, 0.1) is 0 Å². The van der Waals surface area contributed by atoms with E-state index in [1.54, 1.807) is 0 Å². The predicted octanol–water partition coefficient (Wildman–Crippen LogP) is 2.24. The van der Waals surface area contributed by atoms with E-state index in [1.807, 2.05) is 26.4 Å². The highest BCUT2D eigenvalue weighted by Gasteiger charge is 2.13. The number of rotatable bonds is 6. The number of anilines is 1. The number of hydrogen-bond acceptors (Lipinski definition) is 4. The van der Waals surface area contributed by atoms with E-state index in [9.17, 15) is 0 Å². The molecule has 0 saturated heterocycles. The molecular formula is C14H26N4. The average molecular weight is 250 g/mol. The Labute approximate surface area is 111 Å². The molecule has 2 N–H and O–H groups in total. The molecule has 2 unspecified atom stereocenters. The van der Waals surface area contributed by atoms with Gasteiger partial charge in [0.1, 0.15) is 0 Å². The van der Waals surface area contributed by atoms with E-state index in [4.69, 9.17) is 5.73 Å². The van der Waals surface area contributed by atoms with Crippen LogP contribution in [0.5, 0.6) is 0 Å². The third-order valence-corrected chi connectivity index (χ3v) is 3.04. The lowest BCUT2D eigenvalue weighted by atomic mass is 10.0. The number of nitrogens with zero attached hydrogens (tertiary/aromatic N) is 3. The van der Waals surface area contributed by atoms with E-state index in [-0.39, 0.29) is 6.04 Å². The molecule has 0 radical (unpaired) electrons. The SMILES string of the molecule is CC(C)CC(C)N(C)c1ncc(CC(C)N)cn1. The van der Waals surface area contributed by atoms with Crippen molar-refractivity contribution in [3.8, 4) is 0 Å². The summed E-state index contributed by atoms with van der Waals surface area (Å²) < 4.78 is 0. The molecule has 0 fully saturated rings. The predicted molar refractivity (Wildman–Crippen MR) is 76.7 cm³/mol. The third-order valence-electron chi connectivity index (χ3n) is 3.04. The largest absolute Gasteiger partial charge is 0.341 e. The minimum absolute atomic E-state index is 0.150. The number of aromatic nitrogens is 2. The zero-order valence-corrected chi connectivity index (χ0v) is 12.2. The van der Waals surface area contributed by atoms with E-state index >= 15 is 0 Å². The van der Waals surface area contributed by atoms with Crippen LogP contribution in [0.15, 0.2) is 12.4 Å². The monoisotopic (exact) mass is 250 g/mol. The second-order valence-corrected chi connectivity index (χ2v) is 5.66. The summed E-state index contributed by atoms with van der Waals surface area (Å²) in [5, 5.41) is 0. The lowest BCUT2D eigenvalue weighted by Crippen LogP contribution is -2.31. The molecule has 1 aromatic rings. The minimum atomic E-state index is 0.150. The van der Waals surface area contributed by atoms with Crippen molar-refractivity contribution in [2.24, 2.45) is 11.7 Å². The van der Waals surface area contributed by atoms with Gasteiger partial charge in [0.25, 0.3) is 0 Å². The standard InChI is InChI=1S/C14H26N4/c1-10(2)6-12(4)18(5)14-16-8-13(9-17-14)7-11(3)15/h8-12H,6-7,15H2,1-5H3. The van der Waals surface area contributed by atoms with Gasteiger partial charge in [-0.1, -0.05) is 13.8 Å². The molecule has 0 bridgehead atoms. The maximum absolute atomic E-state index is 5.76. The Morgan fingerprint density at radius 1 is 1.17 bits per heavy atom. The maximum atomic E-state index is 5.76. The molecule has 0 saturated carbocycles. The Balaban J connectivity index is 2.66. The Morgan fingerprint density at radius 2 is 1.72 bits per heavy atom. The topological polar surface area (TPSA) is 55.0 Å². The van der Waals surface area contributed by atoms with E-state index in [0.717, 1.165) is 24.4 Å². The van der Waals surface area contributed by atoms with Gasteiger partial charge in [-0.05, 0) is 38.2 Å². The first-order valence-electron chi connectivity index (χ1n) is 6.69. The van der Waals surface area contributed by atoms with E-state index in [1.165, 1.54) is 0 Å². The summed E-state index contributed by atoms with van der Waals surface area (Å²) in [5.74, 6) is 1.47. The van der Waals surface area contributed by atoms with Crippen LogP contribution in [0.3, 0.4) is 0 Å². The molecule has 0 spiro atoms. The van der Waals surface area contributed by atoms with Gasteiger partial charge >= 0.3 is 0 Å². The van der Waals surface area contributed by atoms with Gasteiger partial charge in [-0.15, -0.1) is 0 Å². The molecule has 0 aliphatic rings. The summed E-state index contributed by atoms with van der Waals surface area (Å²) in [6, 6.07) is 0.598. The summed E-state index contributed by atoms with van der Waals surface area (Å²) in [5.41, 5.74) is 6.86. The first kappa shape index (κ1) is 14.9. The second-order valence-electron chi connectivity index (χ2n) is 5.66. The van der Waals surface area contributed by atoms with Gasteiger partial charge in [0.2, 0.25) is 5.95 Å². The fourth-order valence-electron chi connectivity index (χ4n) is 2.04. The molecular weight excluding hydrogens is 224 g/mol. The molecule has 0 aromatic carbocycles. The molecule has 1 rings (SSSR count). The van der Waals surface area contributed by atoms with Gasteiger partial charge in [-0.3, -0.25) is 0 Å². The minimum Gasteiger partial charge on any atom is -0.341 e. The molecule has 102 valence electrons. The zero-order chi connectivity index (χ0) is 13.7. The van der Waals surface area contributed by atoms with Crippen molar-refractivity contribution >= 4 is 5.95 Å². The van der Waals surface area contributed by atoms with Crippen LogP contribution in [0.25, 0.3) is 0 Å². The summed E-state index contributed by atoms with van der Waals surface area (Å²) in [6.45, 7) is 8.66. The highest BCUT2D eigenvalue weighted by Crippen LogP contribution is 2.15. The van der Waals surface area contributed by atoms with Crippen LogP contribution in [-0.2, 0) is 6.42 Å². The summed E-state index contributed by atoms with van der Waals surface area (Å²) >= 11 is 0. The first-order chi connectivity index (χ1) is 8.40. The third kappa shape index (κ3) is 4.61. The normalized spacial score (nSPS) is 14.6. The second kappa shape index (κ2) is 6.69. The average Bonchev–Trinajstić information content (AvgIpc) is 2.27. The van der Waals surface area contributed by atoms with Gasteiger partial charge in [-0.25, -0.2) is 9.97 Å². The molecule has 2 atom stereocenters. The molecule has 1 aromatic heterocycles. The number of nitrogens with two attached hydrogens (primary N) is 1. The highest BCUT2D eigenvalue weighted by molar-refractivity contribution is 5.30. The zero-order valence-electron chi connectivity index (χ0n) is 12.2. The fraction of sp³-hybridized carbons (Fsp3) is 0.714. The molecule has 4 heteroatoms. The number of hydrogen-bond donors (Lipinski definition) is 1. The van der Waals surface area contributed by atoms with Crippen LogP contribution in [0.2, 0.25) is 0 Å². The Bertz CT molecular complexity index is 345. The molecule has 1 heterocycles. The molecule has 4 nitrogen and oxygen atoms in total. The van der Waals surface area contributed by atoms with Crippen molar-refractivity contribution in [1.29, 1.82) is 0 Å². The summed E-state index contributed by atoms with van der Waals surface area (Å²) in [6.07, 6.45) is 5.72. The van der Waals surface area contributed by atoms with Crippen LogP contribution in [0.4, 0.5) is 5.95 Å². The first-order valence-corrected chi connectivity index (χ1v) is 6.69. The summed E-state index contributed by atoms with van der Waals surface area (Å²) in [4.78, 5) is 11.0. The van der Waals surface area contributed by atoms with Crippen molar-refractivity contribution in [3.63, 3.8) is 0 Å². The van der Waals surface area contributed by atoms with Crippen LogP contribution in [-0.4, -0.2) is 29.1 Å². The smallest absolute Gasteiger partial charge is 0.225 e. The van der Waals surface area contributed by atoms with Crippen LogP contribution in [0.1, 0.15) is 39.7 Å². The fourth-order valence-corrected chi connectivity index (χ4v) is 2.04. The summed E-state index contributed by atoms with van der Waals surface area (Å²) in [7, 11) is 2.05. The van der Waals surface area contributed by atoms with Gasteiger partial charge in [0, 0.05) is 31.5 Å². The molecule has 0 aliphatic carbocycles. The van der Waals surface area contributed by atoms with Crippen molar-refractivity contribution in [2.45, 2.75) is 52.6 Å². The lowest BCUT2D eigenvalue weighted by Gasteiger charge is -2.26. The van der Waals surface area contributed by atoms with Gasteiger partial charge < -0.3 is 10.6 Å².